The van der Waals surface area contributed by atoms with Gasteiger partial charge in [0.15, 0.2) is 0 Å². The Kier molecular flexibility index (Phi) is 4.48. The van der Waals surface area contributed by atoms with Gasteiger partial charge in [-0.15, -0.1) is 0 Å². The Hall–Kier alpha value is -1.77. The molecule has 1 aromatic heterocycles. The number of aromatic nitrogens is 1. The molecule has 1 heterocycles. The molecule has 3 heteroatoms. The zero-order valence-corrected chi connectivity index (χ0v) is 12.0. The Balaban J connectivity index is 2.27. The summed E-state index contributed by atoms with van der Waals surface area (Å²) in [4.78, 5) is 3.65. The lowest BCUT2D eigenvalue weighted by Gasteiger charge is -2.15. The first-order valence-electron chi connectivity index (χ1n) is 6.88. The fourth-order valence-electron chi connectivity index (χ4n) is 2.41. The second-order valence-electron chi connectivity index (χ2n) is 5.46. The number of hydrogen-bond acceptors (Lipinski definition) is 1. The van der Waals surface area contributed by atoms with Crippen molar-refractivity contribution >= 4 is 0 Å². The lowest BCUT2D eigenvalue weighted by molar-refractivity contribution is 0.538. The summed E-state index contributed by atoms with van der Waals surface area (Å²) in [5.74, 6) is -0.611. The summed E-state index contributed by atoms with van der Waals surface area (Å²) < 4.78 is 28.0. The quantitative estimate of drug-likeness (QED) is 0.728. The lowest BCUT2D eigenvalue weighted by Crippen LogP contribution is -2.06. The number of pyridine rings is 1. The van der Waals surface area contributed by atoms with Gasteiger partial charge in [-0.1, -0.05) is 45.0 Å². The smallest absolute Gasteiger partial charge is 0.216 e. The topological polar surface area (TPSA) is 12.9 Å². The van der Waals surface area contributed by atoms with Gasteiger partial charge >= 0.3 is 0 Å². The van der Waals surface area contributed by atoms with Gasteiger partial charge in [0.1, 0.15) is 5.82 Å². The van der Waals surface area contributed by atoms with Crippen molar-refractivity contribution < 1.29 is 8.78 Å². The van der Waals surface area contributed by atoms with Crippen LogP contribution in [0.25, 0.3) is 0 Å². The standard InChI is InChI=1S/C17H19F2N/c1-11(2)14-7-4-6-13(16(14)18)10-12(3)15-8-5-9-20-17(15)19/h4-9,11-12H,10H2,1-3H3. The van der Waals surface area contributed by atoms with E-state index in [1.165, 1.54) is 6.20 Å². The van der Waals surface area contributed by atoms with Gasteiger partial charge in [-0.25, -0.2) is 9.37 Å². The molecule has 0 saturated heterocycles. The number of benzene rings is 1. The van der Waals surface area contributed by atoms with Crippen LogP contribution < -0.4 is 0 Å². The summed E-state index contributed by atoms with van der Waals surface area (Å²) in [5.41, 5.74) is 1.87. The van der Waals surface area contributed by atoms with Gasteiger partial charge in [0, 0.05) is 11.8 Å². The Morgan fingerprint density at radius 2 is 1.70 bits per heavy atom. The summed E-state index contributed by atoms with van der Waals surface area (Å²) in [6.45, 7) is 5.82. The highest BCUT2D eigenvalue weighted by molar-refractivity contribution is 5.30. The molecule has 1 nitrogen and oxygen atoms in total. The van der Waals surface area contributed by atoms with Crippen molar-refractivity contribution in [3.63, 3.8) is 0 Å². The minimum absolute atomic E-state index is 0.111. The van der Waals surface area contributed by atoms with Gasteiger partial charge in [0.25, 0.3) is 0 Å². The van der Waals surface area contributed by atoms with Crippen LogP contribution in [0, 0.1) is 11.8 Å². The minimum Gasteiger partial charge on any atom is -0.228 e. The van der Waals surface area contributed by atoms with Crippen molar-refractivity contribution in [3.8, 4) is 0 Å². The van der Waals surface area contributed by atoms with E-state index in [0.29, 0.717) is 23.1 Å². The van der Waals surface area contributed by atoms with Crippen LogP contribution in [-0.2, 0) is 6.42 Å². The Morgan fingerprint density at radius 1 is 1.00 bits per heavy atom. The molecule has 1 unspecified atom stereocenters. The molecular weight excluding hydrogens is 256 g/mol. The number of halogens is 2. The van der Waals surface area contributed by atoms with Crippen molar-refractivity contribution in [2.45, 2.75) is 39.0 Å². The van der Waals surface area contributed by atoms with E-state index in [9.17, 15) is 8.78 Å². The van der Waals surface area contributed by atoms with Gasteiger partial charge in [-0.3, -0.25) is 0 Å². The zero-order valence-electron chi connectivity index (χ0n) is 12.0. The van der Waals surface area contributed by atoms with Crippen LogP contribution in [-0.4, -0.2) is 4.98 Å². The van der Waals surface area contributed by atoms with E-state index in [1.807, 2.05) is 26.8 Å². The molecule has 20 heavy (non-hydrogen) atoms. The summed E-state index contributed by atoms with van der Waals surface area (Å²) in [6.07, 6.45) is 1.89. The van der Waals surface area contributed by atoms with Crippen molar-refractivity contribution in [1.29, 1.82) is 0 Å². The van der Waals surface area contributed by atoms with E-state index in [4.69, 9.17) is 0 Å². The van der Waals surface area contributed by atoms with Gasteiger partial charge in [-0.2, -0.15) is 4.39 Å². The van der Waals surface area contributed by atoms with E-state index < -0.39 is 5.95 Å². The Labute approximate surface area is 118 Å². The van der Waals surface area contributed by atoms with Crippen LogP contribution in [0.1, 0.15) is 49.3 Å². The number of nitrogens with zero attached hydrogens (tertiary/aromatic N) is 1. The SMILES string of the molecule is CC(C)c1cccc(CC(C)c2cccnc2F)c1F. The maximum atomic E-state index is 14.4. The predicted molar refractivity (Wildman–Crippen MR) is 76.8 cm³/mol. The normalized spacial score (nSPS) is 12.7. The van der Waals surface area contributed by atoms with Crippen molar-refractivity contribution in [3.05, 3.63) is 65.0 Å². The fourth-order valence-corrected chi connectivity index (χ4v) is 2.41. The summed E-state index contributed by atoms with van der Waals surface area (Å²) in [7, 11) is 0. The third kappa shape index (κ3) is 3.03. The molecule has 0 aliphatic heterocycles. The van der Waals surface area contributed by atoms with Crippen LogP contribution in [0.3, 0.4) is 0 Å². The summed E-state index contributed by atoms with van der Waals surface area (Å²) in [5, 5.41) is 0. The van der Waals surface area contributed by atoms with Crippen LogP contribution in [0.5, 0.6) is 0 Å². The predicted octanol–water partition coefficient (Wildman–Crippen LogP) is 4.83. The number of hydrogen-bond donors (Lipinski definition) is 0. The highest BCUT2D eigenvalue weighted by Crippen LogP contribution is 2.26. The van der Waals surface area contributed by atoms with E-state index >= 15 is 0 Å². The van der Waals surface area contributed by atoms with E-state index in [-0.39, 0.29) is 17.7 Å². The molecule has 2 rings (SSSR count). The van der Waals surface area contributed by atoms with E-state index in [2.05, 4.69) is 4.98 Å². The van der Waals surface area contributed by atoms with Gasteiger partial charge in [0.05, 0.1) is 0 Å². The molecule has 0 spiro atoms. The first-order valence-corrected chi connectivity index (χ1v) is 6.88. The molecule has 1 atom stereocenters. The maximum absolute atomic E-state index is 14.4. The molecule has 106 valence electrons. The molecule has 0 radical (unpaired) electrons. The molecule has 0 amide bonds. The molecule has 0 aliphatic rings. The lowest BCUT2D eigenvalue weighted by atomic mass is 9.91. The van der Waals surface area contributed by atoms with Crippen molar-refractivity contribution in [2.24, 2.45) is 0 Å². The largest absolute Gasteiger partial charge is 0.228 e. The molecular formula is C17H19F2N. The van der Waals surface area contributed by atoms with Gasteiger partial charge in [0.2, 0.25) is 5.95 Å². The molecule has 0 bridgehead atoms. The van der Waals surface area contributed by atoms with E-state index in [0.717, 1.165) is 0 Å². The second-order valence-corrected chi connectivity index (χ2v) is 5.46. The second kappa shape index (κ2) is 6.12. The molecule has 0 fully saturated rings. The van der Waals surface area contributed by atoms with Crippen LogP contribution in [0.2, 0.25) is 0 Å². The third-order valence-corrected chi connectivity index (χ3v) is 3.58. The fraction of sp³-hybridized carbons (Fsp3) is 0.353. The van der Waals surface area contributed by atoms with Crippen LogP contribution in [0.4, 0.5) is 8.78 Å². The summed E-state index contributed by atoms with van der Waals surface area (Å²) in [6, 6.07) is 8.85. The molecule has 1 aromatic carbocycles. The molecule has 2 aromatic rings. The van der Waals surface area contributed by atoms with Crippen LogP contribution >= 0.6 is 0 Å². The van der Waals surface area contributed by atoms with Crippen molar-refractivity contribution in [2.75, 3.05) is 0 Å². The minimum atomic E-state index is -0.472. The average molecular weight is 275 g/mol. The molecule has 0 saturated carbocycles. The Morgan fingerprint density at radius 3 is 2.35 bits per heavy atom. The first kappa shape index (κ1) is 14.6. The highest BCUT2D eigenvalue weighted by Gasteiger charge is 2.16. The summed E-state index contributed by atoms with van der Waals surface area (Å²) >= 11 is 0. The van der Waals surface area contributed by atoms with Gasteiger partial charge in [-0.05, 0) is 35.4 Å². The third-order valence-electron chi connectivity index (χ3n) is 3.58. The van der Waals surface area contributed by atoms with Gasteiger partial charge < -0.3 is 0 Å². The highest BCUT2D eigenvalue weighted by atomic mass is 19.1. The maximum Gasteiger partial charge on any atom is 0.216 e. The Bertz CT molecular complexity index is 593. The molecule has 0 N–H and O–H groups in total. The van der Waals surface area contributed by atoms with Crippen molar-refractivity contribution in [1.82, 2.24) is 4.98 Å². The number of rotatable bonds is 4. The van der Waals surface area contributed by atoms with Crippen LogP contribution in [0.15, 0.2) is 36.5 Å². The zero-order chi connectivity index (χ0) is 14.7. The molecule has 0 aliphatic carbocycles. The van der Waals surface area contributed by atoms with E-state index in [1.54, 1.807) is 24.3 Å². The monoisotopic (exact) mass is 275 g/mol. The average Bonchev–Trinajstić information content (AvgIpc) is 2.41. The first-order chi connectivity index (χ1) is 9.50.